The summed E-state index contributed by atoms with van der Waals surface area (Å²) in [6.07, 6.45) is 1.64. The van der Waals surface area contributed by atoms with Crippen LogP contribution in [0, 0.1) is 5.82 Å². The van der Waals surface area contributed by atoms with E-state index in [1.54, 1.807) is 0 Å². The third-order valence-electron chi connectivity index (χ3n) is 3.68. The molecule has 1 saturated heterocycles. The van der Waals surface area contributed by atoms with Crippen LogP contribution >= 0.6 is 0 Å². The van der Waals surface area contributed by atoms with Gasteiger partial charge in [-0.1, -0.05) is 0 Å². The molecule has 0 atom stereocenters. The quantitative estimate of drug-likeness (QED) is 0.885. The first kappa shape index (κ1) is 15.4. The van der Waals surface area contributed by atoms with Crippen LogP contribution in [0.5, 0.6) is 0 Å². The summed E-state index contributed by atoms with van der Waals surface area (Å²) < 4.78 is 13.8. The number of benzene rings is 1. The Morgan fingerprint density at radius 2 is 2.05 bits per heavy atom. The Morgan fingerprint density at radius 1 is 1.38 bits per heavy atom. The van der Waals surface area contributed by atoms with E-state index in [2.05, 4.69) is 10.2 Å². The van der Waals surface area contributed by atoms with Crippen LogP contribution in [-0.2, 0) is 11.3 Å². The maximum absolute atomic E-state index is 13.8. The van der Waals surface area contributed by atoms with Gasteiger partial charge in [0.2, 0.25) is 5.91 Å². The van der Waals surface area contributed by atoms with E-state index in [0.29, 0.717) is 12.1 Å². The highest BCUT2D eigenvalue weighted by Crippen LogP contribution is 2.17. The van der Waals surface area contributed by atoms with Gasteiger partial charge in [-0.3, -0.25) is 9.69 Å². The summed E-state index contributed by atoms with van der Waals surface area (Å²) in [5.41, 5.74) is 0.493. The molecule has 1 heterocycles. The molecule has 0 aromatic heterocycles. The number of carbonyl (C=O) groups is 2. The van der Waals surface area contributed by atoms with Crippen molar-refractivity contribution in [3.63, 3.8) is 0 Å². The standard InChI is InChI=1S/C15H19FN2O3/c1-10(19)17-13-4-6-18(7-5-13)9-12-8-11(15(20)21)2-3-14(12)16/h2-3,8,13H,4-7,9H2,1H3,(H,17,19)(H,20,21). The lowest BCUT2D eigenvalue weighted by molar-refractivity contribution is -0.119. The van der Waals surface area contributed by atoms with E-state index in [-0.39, 0.29) is 23.3 Å². The van der Waals surface area contributed by atoms with Crippen molar-refractivity contribution in [3.8, 4) is 0 Å². The molecular weight excluding hydrogens is 275 g/mol. The first-order valence-corrected chi connectivity index (χ1v) is 6.97. The summed E-state index contributed by atoms with van der Waals surface area (Å²) in [6.45, 7) is 3.39. The minimum absolute atomic E-state index is 0.0337. The molecule has 1 aromatic rings. The molecule has 0 bridgehead atoms. The van der Waals surface area contributed by atoms with Crippen molar-refractivity contribution in [2.75, 3.05) is 13.1 Å². The van der Waals surface area contributed by atoms with E-state index in [1.807, 2.05) is 0 Å². The lowest BCUT2D eigenvalue weighted by atomic mass is 10.0. The number of piperidine rings is 1. The van der Waals surface area contributed by atoms with Crippen molar-refractivity contribution in [2.45, 2.75) is 32.4 Å². The van der Waals surface area contributed by atoms with Crippen molar-refractivity contribution < 1.29 is 19.1 Å². The smallest absolute Gasteiger partial charge is 0.335 e. The third kappa shape index (κ3) is 4.26. The molecular formula is C15H19FN2O3. The van der Waals surface area contributed by atoms with Crippen LogP contribution in [0.3, 0.4) is 0 Å². The number of rotatable bonds is 4. The molecule has 0 aliphatic carbocycles. The summed E-state index contributed by atoms with van der Waals surface area (Å²) in [5, 5.41) is 11.8. The number of halogens is 1. The second kappa shape index (κ2) is 6.67. The van der Waals surface area contributed by atoms with Gasteiger partial charge in [0.05, 0.1) is 5.56 Å². The highest BCUT2D eigenvalue weighted by atomic mass is 19.1. The Bertz CT molecular complexity index is 540. The van der Waals surface area contributed by atoms with Gasteiger partial charge in [0.15, 0.2) is 0 Å². The Morgan fingerprint density at radius 3 is 2.62 bits per heavy atom. The minimum Gasteiger partial charge on any atom is -0.478 e. The normalized spacial score (nSPS) is 16.7. The van der Waals surface area contributed by atoms with Crippen LogP contribution in [0.1, 0.15) is 35.7 Å². The molecule has 21 heavy (non-hydrogen) atoms. The van der Waals surface area contributed by atoms with Gasteiger partial charge in [0, 0.05) is 38.2 Å². The monoisotopic (exact) mass is 294 g/mol. The number of amides is 1. The average molecular weight is 294 g/mol. The third-order valence-corrected chi connectivity index (χ3v) is 3.68. The maximum atomic E-state index is 13.8. The molecule has 6 heteroatoms. The van der Waals surface area contributed by atoms with E-state index < -0.39 is 5.97 Å². The molecule has 0 spiro atoms. The largest absolute Gasteiger partial charge is 0.478 e. The number of aromatic carboxylic acids is 1. The highest BCUT2D eigenvalue weighted by Gasteiger charge is 2.20. The van der Waals surface area contributed by atoms with Gasteiger partial charge in [-0.25, -0.2) is 9.18 Å². The Kier molecular flexibility index (Phi) is 4.90. The number of likely N-dealkylation sites (tertiary alicyclic amines) is 1. The number of nitrogens with zero attached hydrogens (tertiary/aromatic N) is 1. The Labute approximate surface area is 122 Å². The number of carboxylic acid groups (broad SMARTS) is 1. The molecule has 1 amide bonds. The SMILES string of the molecule is CC(=O)NC1CCN(Cc2cc(C(=O)O)ccc2F)CC1. The fraction of sp³-hybridized carbons (Fsp3) is 0.467. The van der Waals surface area contributed by atoms with Crippen molar-refractivity contribution >= 4 is 11.9 Å². The molecule has 0 saturated carbocycles. The molecule has 1 aliphatic heterocycles. The molecule has 114 valence electrons. The zero-order chi connectivity index (χ0) is 15.4. The first-order valence-electron chi connectivity index (χ1n) is 6.97. The van der Waals surface area contributed by atoms with Gasteiger partial charge < -0.3 is 10.4 Å². The summed E-state index contributed by atoms with van der Waals surface area (Å²) in [4.78, 5) is 24.0. The minimum atomic E-state index is -1.05. The molecule has 1 aromatic carbocycles. The van der Waals surface area contributed by atoms with E-state index in [9.17, 15) is 14.0 Å². The van der Waals surface area contributed by atoms with Crippen LogP contribution in [0.2, 0.25) is 0 Å². The number of carboxylic acids is 1. The summed E-state index contributed by atoms with van der Waals surface area (Å²) in [5.74, 6) is -1.47. The fourth-order valence-electron chi connectivity index (χ4n) is 2.59. The molecule has 5 nitrogen and oxygen atoms in total. The highest BCUT2D eigenvalue weighted by molar-refractivity contribution is 5.87. The van der Waals surface area contributed by atoms with Crippen molar-refractivity contribution in [2.24, 2.45) is 0 Å². The lowest BCUT2D eigenvalue weighted by Crippen LogP contribution is -2.43. The van der Waals surface area contributed by atoms with E-state index in [4.69, 9.17) is 5.11 Å². The van der Waals surface area contributed by atoms with Gasteiger partial charge >= 0.3 is 5.97 Å². The topological polar surface area (TPSA) is 69.6 Å². The van der Waals surface area contributed by atoms with E-state index in [1.165, 1.54) is 25.1 Å². The fourth-order valence-corrected chi connectivity index (χ4v) is 2.59. The molecule has 2 rings (SSSR count). The first-order chi connectivity index (χ1) is 9.95. The lowest BCUT2D eigenvalue weighted by Gasteiger charge is -2.32. The van der Waals surface area contributed by atoms with Crippen molar-refractivity contribution in [3.05, 3.63) is 35.1 Å². The van der Waals surface area contributed by atoms with Crippen molar-refractivity contribution in [1.82, 2.24) is 10.2 Å². The van der Waals surface area contributed by atoms with Crippen LogP contribution in [0.25, 0.3) is 0 Å². The van der Waals surface area contributed by atoms with E-state index >= 15 is 0 Å². The number of hydrogen-bond donors (Lipinski definition) is 2. The average Bonchev–Trinajstić information content (AvgIpc) is 2.42. The van der Waals surface area contributed by atoms with Crippen LogP contribution < -0.4 is 5.32 Å². The maximum Gasteiger partial charge on any atom is 0.335 e. The predicted octanol–water partition coefficient (Wildman–Crippen LogP) is 1.62. The van der Waals surface area contributed by atoms with Crippen LogP contribution in [-0.4, -0.2) is 41.0 Å². The summed E-state index contributed by atoms with van der Waals surface area (Å²) >= 11 is 0. The van der Waals surface area contributed by atoms with Gasteiger partial charge in [0.1, 0.15) is 5.82 Å². The van der Waals surface area contributed by atoms with Crippen molar-refractivity contribution in [1.29, 1.82) is 0 Å². The zero-order valence-corrected chi connectivity index (χ0v) is 11.9. The van der Waals surface area contributed by atoms with Gasteiger partial charge in [-0.2, -0.15) is 0 Å². The van der Waals surface area contributed by atoms with E-state index in [0.717, 1.165) is 25.9 Å². The van der Waals surface area contributed by atoms with Crippen LogP contribution in [0.15, 0.2) is 18.2 Å². The molecule has 2 N–H and O–H groups in total. The van der Waals surface area contributed by atoms with Gasteiger partial charge in [-0.05, 0) is 31.0 Å². The van der Waals surface area contributed by atoms with Gasteiger partial charge in [0.25, 0.3) is 0 Å². The van der Waals surface area contributed by atoms with Crippen LogP contribution in [0.4, 0.5) is 4.39 Å². The molecule has 1 fully saturated rings. The molecule has 1 aliphatic rings. The predicted molar refractivity (Wildman–Crippen MR) is 75.5 cm³/mol. The summed E-state index contributed by atoms with van der Waals surface area (Å²) in [7, 11) is 0. The Balaban J connectivity index is 1.95. The second-order valence-corrected chi connectivity index (χ2v) is 5.36. The number of nitrogens with one attached hydrogen (secondary N) is 1. The number of carbonyl (C=O) groups excluding carboxylic acids is 1. The second-order valence-electron chi connectivity index (χ2n) is 5.36. The number of hydrogen-bond acceptors (Lipinski definition) is 3. The van der Waals surface area contributed by atoms with Gasteiger partial charge in [-0.15, -0.1) is 0 Å². The summed E-state index contributed by atoms with van der Waals surface area (Å²) in [6, 6.07) is 4.03. The molecule has 0 radical (unpaired) electrons. The zero-order valence-electron chi connectivity index (χ0n) is 11.9. The molecule has 0 unspecified atom stereocenters. The Hall–Kier alpha value is -1.95.